The second-order valence-corrected chi connectivity index (χ2v) is 18.5. The van der Waals surface area contributed by atoms with Gasteiger partial charge in [0.05, 0.1) is 21.3 Å². The molecule has 1 aliphatic carbocycles. The van der Waals surface area contributed by atoms with E-state index in [0.29, 0.717) is 38.8 Å². The molecule has 2 N–H and O–H groups in total. The summed E-state index contributed by atoms with van der Waals surface area (Å²) < 4.78 is 68.3. The van der Waals surface area contributed by atoms with Gasteiger partial charge >= 0.3 is 0 Å². The van der Waals surface area contributed by atoms with Crippen LogP contribution in [0.2, 0.25) is 0 Å². The molecule has 286 valence electrons. The van der Waals surface area contributed by atoms with Gasteiger partial charge in [0, 0.05) is 64.6 Å². The number of anilines is 2. The van der Waals surface area contributed by atoms with Crippen LogP contribution in [0, 0.1) is 0 Å². The number of rotatable bonds is 15. The van der Waals surface area contributed by atoms with Crippen molar-refractivity contribution in [3.8, 4) is 0 Å². The van der Waals surface area contributed by atoms with Crippen LogP contribution in [-0.2, 0) is 31.1 Å². The standard InChI is InChI=1S/C43H51N3O6S2/c1-42(2)35-18-8-10-20-37(35)45(28-12-14-30-53(47,48)49)39(42)26-24-32-22-23-33(41(32)44-34-16-6-5-7-17-34)25-27-40-43(3,4)36-19-9-11-21-38(36)46(40)29-13-15-31-54(50,51)52/h5-11,16-21,24-27H,12-15,22-23,28-31H2,1-4H3,(H2,47,48,49,50,51,52)/b32-24-,39-26-. The normalized spacial score (nSPS) is 19.4. The molecule has 0 saturated carbocycles. The van der Waals surface area contributed by atoms with Crippen LogP contribution in [-0.4, -0.2) is 60.8 Å². The zero-order valence-corrected chi connectivity index (χ0v) is 33.2. The minimum absolute atomic E-state index is 0.253. The summed E-state index contributed by atoms with van der Waals surface area (Å²) in [5.74, 6) is -0.616. The number of hydrogen-bond donors (Lipinski definition) is 2. The zero-order chi connectivity index (χ0) is 38.7. The maximum absolute atomic E-state index is 11.4. The lowest BCUT2D eigenvalue weighted by atomic mass is 9.81. The maximum atomic E-state index is 11.4. The van der Waals surface area contributed by atoms with Crippen molar-refractivity contribution in [3.63, 3.8) is 0 Å². The third-order valence-corrected chi connectivity index (χ3v) is 12.5. The van der Waals surface area contributed by atoms with Gasteiger partial charge in [0.25, 0.3) is 10.1 Å². The molecule has 9 nitrogen and oxygen atoms in total. The molecule has 2 heterocycles. The molecule has 3 aromatic carbocycles. The second-order valence-electron chi connectivity index (χ2n) is 15.4. The van der Waals surface area contributed by atoms with E-state index in [1.54, 1.807) is 0 Å². The topological polar surface area (TPSA) is 130 Å². The summed E-state index contributed by atoms with van der Waals surface area (Å²) in [4.78, 5) is 2.27. The molecule has 0 saturated heterocycles. The number of para-hydroxylation sites is 3. The zero-order valence-electron chi connectivity index (χ0n) is 31.6. The molecule has 0 radical (unpaired) electrons. The smallest absolute Gasteiger partial charge is 0.264 e. The van der Waals surface area contributed by atoms with Crippen LogP contribution in [0.15, 0.2) is 126 Å². The minimum Gasteiger partial charge on any atom is -0.748 e. The SMILES string of the molecule is CC1(C)C(/C=C\C2=C(Nc3ccccc3)C(=C\C=C3/N(CCCCS(=O)(=O)[O-])c4ccccc4C3(C)C)/CC2)=[N+](CCCCS(=O)(=O)O)c2ccccc21. The third-order valence-electron chi connectivity index (χ3n) is 10.9. The molecule has 54 heavy (non-hydrogen) atoms. The highest BCUT2D eigenvalue weighted by Gasteiger charge is 2.44. The molecular formula is C43H51N3O6S2. The van der Waals surface area contributed by atoms with E-state index in [9.17, 15) is 25.9 Å². The van der Waals surface area contributed by atoms with E-state index in [1.807, 2.05) is 36.4 Å². The largest absolute Gasteiger partial charge is 0.748 e. The fourth-order valence-corrected chi connectivity index (χ4v) is 9.24. The Morgan fingerprint density at radius 3 is 2.17 bits per heavy atom. The van der Waals surface area contributed by atoms with Crippen molar-refractivity contribution in [1.82, 2.24) is 0 Å². The van der Waals surface area contributed by atoms with E-state index in [0.717, 1.165) is 47.0 Å². The Morgan fingerprint density at radius 2 is 1.44 bits per heavy atom. The molecule has 11 heteroatoms. The molecule has 0 atom stereocenters. The Morgan fingerprint density at radius 1 is 0.778 bits per heavy atom. The Kier molecular flexibility index (Phi) is 11.5. The van der Waals surface area contributed by atoms with Crippen LogP contribution in [0.25, 0.3) is 0 Å². The highest BCUT2D eigenvalue weighted by Crippen LogP contribution is 2.48. The van der Waals surface area contributed by atoms with Gasteiger partial charge in [-0.3, -0.25) is 4.55 Å². The average molecular weight is 770 g/mol. The highest BCUT2D eigenvalue weighted by molar-refractivity contribution is 7.85. The summed E-state index contributed by atoms with van der Waals surface area (Å²) in [5.41, 5.74) is 10.7. The molecule has 0 unspecified atom stereocenters. The molecule has 0 amide bonds. The van der Waals surface area contributed by atoms with Gasteiger partial charge in [0.15, 0.2) is 5.71 Å². The van der Waals surface area contributed by atoms with Crippen molar-refractivity contribution in [3.05, 3.63) is 137 Å². The van der Waals surface area contributed by atoms with Crippen molar-refractivity contribution in [2.45, 2.75) is 77.0 Å². The van der Waals surface area contributed by atoms with Gasteiger partial charge in [-0.1, -0.05) is 80.6 Å². The van der Waals surface area contributed by atoms with Crippen molar-refractivity contribution < 1.29 is 30.5 Å². The first kappa shape index (κ1) is 39.4. The van der Waals surface area contributed by atoms with Gasteiger partial charge in [-0.25, -0.2) is 8.42 Å². The summed E-state index contributed by atoms with van der Waals surface area (Å²) in [6, 6.07) is 26.8. The Bertz CT molecular complexity index is 2270. The van der Waals surface area contributed by atoms with Crippen molar-refractivity contribution >= 4 is 43.0 Å². The van der Waals surface area contributed by atoms with Crippen LogP contribution in [0.3, 0.4) is 0 Å². The number of nitrogens with one attached hydrogen (secondary N) is 1. The van der Waals surface area contributed by atoms with Gasteiger partial charge < -0.3 is 14.8 Å². The third kappa shape index (κ3) is 8.81. The number of hydrogen-bond acceptors (Lipinski definition) is 7. The van der Waals surface area contributed by atoms with E-state index in [2.05, 4.69) is 109 Å². The van der Waals surface area contributed by atoms with Gasteiger partial charge in [-0.2, -0.15) is 13.0 Å². The summed E-state index contributed by atoms with van der Waals surface area (Å²) in [6.45, 7) is 10.1. The quantitative estimate of drug-likeness (QED) is 0.0897. The monoisotopic (exact) mass is 769 g/mol. The Labute approximate surface area is 321 Å². The fourth-order valence-electron chi connectivity index (χ4n) is 8.11. The van der Waals surface area contributed by atoms with Gasteiger partial charge in [0.2, 0.25) is 5.69 Å². The molecule has 2 aliphatic heterocycles. The van der Waals surface area contributed by atoms with Crippen LogP contribution >= 0.6 is 0 Å². The predicted molar refractivity (Wildman–Crippen MR) is 217 cm³/mol. The Balaban J connectivity index is 1.36. The number of fused-ring (bicyclic) bond motifs is 2. The lowest BCUT2D eigenvalue weighted by molar-refractivity contribution is -0.438. The average Bonchev–Trinajstić information content (AvgIpc) is 3.67. The fraction of sp³-hybridized carbons (Fsp3) is 0.372. The molecule has 0 bridgehead atoms. The summed E-state index contributed by atoms with van der Waals surface area (Å²) in [6.07, 6.45) is 12.4. The molecular weight excluding hydrogens is 719 g/mol. The van der Waals surface area contributed by atoms with E-state index >= 15 is 0 Å². The first-order chi connectivity index (χ1) is 25.6. The number of nitrogens with zero attached hydrogens (tertiary/aromatic N) is 2. The van der Waals surface area contributed by atoms with E-state index < -0.39 is 20.2 Å². The first-order valence-corrected chi connectivity index (χ1v) is 21.9. The molecule has 3 aromatic rings. The van der Waals surface area contributed by atoms with E-state index in [1.165, 1.54) is 22.3 Å². The van der Waals surface area contributed by atoms with E-state index in [4.69, 9.17) is 0 Å². The molecule has 0 aromatic heterocycles. The van der Waals surface area contributed by atoms with Crippen LogP contribution < -0.4 is 10.2 Å². The van der Waals surface area contributed by atoms with Gasteiger partial charge in [-0.15, -0.1) is 0 Å². The summed E-state index contributed by atoms with van der Waals surface area (Å²) >= 11 is 0. The van der Waals surface area contributed by atoms with Crippen LogP contribution in [0.5, 0.6) is 0 Å². The lowest BCUT2D eigenvalue weighted by Gasteiger charge is -2.27. The Hall–Kier alpha value is -4.29. The van der Waals surface area contributed by atoms with Crippen LogP contribution in [0.1, 0.15) is 77.3 Å². The maximum Gasteiger partial charge on any atom is 0.264 e. The molecule has 6 rings (SSSR count). The van der Waals surface area contributed by atoms with Gasteiger partial charge in [-0.05, 0) is 86.9 Å². The van der Waals surface area contributed by atoms with Crippen molar-refractivity contribution in [1.29, 1.82) is 0 Å². The van der Waals surface area contributed by atoms with Crippen LogP contribution in [0.4, 0.5) is 17.1 Å². The molecule has 0 fully saturated rings. The van der Waals surface area contributed by atoms with Crippen molar-refractivity contribution in [2.75, 3.05) is 34.8 Å². The van der Waals surface area contributed by atoms with Crippen molar-refractivity contribution in [2.24, 2.45) is 0 Å². The first-order valence-electron chi connectivity index (χ1n) is 18.7. The molecule has 3 aliphatic rings. The molecule has 0 spiro atoms. The summed E-state index contributed by atoms with van der Waals surface area (Å²) in [7, 11) is -8.28. The minimum atomic E-state index is -4.26. The number of allylic oxidation sites excluding steroid dienone is 7. The number of unbranched alkanes of at least 4 members (excludes halogenated alkanes) is 2. The number of benzene rings is 3. The van der Waals surface area contributed by atoms with Gasteiger partial charge in [0.1, 0.15) is 6.54 Å². The highest BCUT2D eigenvalue weighted by atomic mass is 32.2. The summed E-state index contributed by atoms with van der Waals surface area (Å²) in [5, 5.41) is 3.73. The lowest BCUT2D eigenvalue weighted by Crippen LogP contribution is -2.28. The van der Waals surface area contributed by atoms with E-state index in [-0.39, 0.29) is 22.3 Å². The predicted octanol–water partition coefficient (Wildman–Crippen LogP) is 8.38. The second kappa shape index (κ2) is 15.8.